The molecular formula is C22H22F6N6O2S2. The molecule has 2 rings (SSSR count). The molecule has 0 aliphatic heterocycles. The lowest BCUT2D eigenvalue weighted by Crippen LogP contribution is -2.44. The van der Waals surface area contributed by atoms with E-state index in [4.69, 9.17) is 24.4 Å². The first-order valence-corrected chi connectivity index (χ1v) is 11.6. The topological polar surface area (TPSA) is 106 Å². The zero-order valence-corrected chi connectivity index (χ0v) is 21.0. The van der Waals surface area contributed by atoms with Gasteiger partial charge in [-0.05, 0) is 61.5 Å². The van der Waals surface area contributed by atoms with Crippen molar-refractivity contribution in [1.29, 1.82) is 0 Å². The van der Waals surface area contributed by atoms with Crippen LogP contribution in [0, 0.1) is 0 Å². The monoisotopic (exact) mass is 580 g/mol. The van der Waals surface area contributed by atoms with Crippen LogP contribution in [0.4, 0.5) is 37.7 Å². The molecule has 206 valence electrons. The van der Waals surface area contributed by atoms with Gasteiger partial charge >= 0.3 is 12.4 Å². The molecule has 6 N–H and O–H groups in total. The Bertz CT molecular complexity index is 1070. The standard InChI is InChI=1S/C22H22F6N6O2S2/c23-21(24,25)13-7-1-3-9-15(13)29-19(37)33-31-17(35)11-5-6-12-18(36)32-34-20(38)30-16-10-4-2-8-14(16)22(26,27)28/h1-4,7-10H,5-6,11-12H2,(H,31,35)(H,32,36)(H2,29,33,37)(H2,30,34,38). The summed E-state index contributed by atoms with van der Waals surface area (Å²) in [6.45, 7) is 0. The van der Waals surface area contributed by atoms with E-state index in [1.165, 1.54) is 36.4 Å². The highest BCUT2D eigenvalue weighted by atomic mass is 32.1. The molecule has 0 atom stereocenters. The van der Waals surface area contributed by atoms with Crippen molar-refractivity contribution in [3.8, 4) is 0 Å². The lowest BCUT2D eigenvalue weighted by Gasteiger charge is -2.16. The van der Waals surface area contributed by atoms with Crippen LogP contribution < -0.4 is 32.3 Å². The molecule has 2 aromatic carbocycles. The number of hydrazine groups is 2. The first kappa shape index (κ1) is 30.6. The van der Waals surface area contributed by atoms with Gasteiger partial charge in [0, 0.05) is 12.8 Å². The van der Waals surface area contributed by atoms with E-state index in [2.05, 4.69) is 32.3 Å². The summed E-state index contributed by atoms with van der Waals surface area (Å²) in [7, 11) is 0. The Kier molecular flexibility index (Phi) is 11.1. The zero-order valence-electron chi connectivity index (χ0n) is 19.3. The Morgan fingerprint density at radius 3 is 1.29 bits per heavy atom. The number of carbonyl (C=O) groups excluding carboxylic acids is 2. The Hall–Kier alpha value is -3.66. The molecule has 0 fully saturated rings. The van der Waals surface area contributed by atoms with Gasteiger partial charge in [-0.2, -0.15) is 26.3 Å². The van der Waals surface area contributed by atoms with Gasteiger partial charge in [-0.3, -0.25) is 31.3 Å². The molecule has 0 aromatic heterocycles. The second-order valence-corrected chi connectivity index (χ2v) is 8.36. The maximum atomic E-state index is 13.0. The van der Waals surface area contributed by atoms with Crippen LogP contribution in [0.3, 0.4) is 0 Å². The van der Waals surface area contributed by atoms with E-state index in [0.29, 0.717) is 0 Å². The molecule has 2 aromatic rings. The van der Waals surface area contributed by atoms with Crippen LogP contribution in [0.25, 0.3) is 0 Å². The van der Waals surface area contributed by atoms with Crippen LogP contribution in [0.5, 0.6) is 0 Å². The van der Waals surface area contributed by atoms with Crippen LogP contribution in [-0.2, 0) is 21.9 Å². The van der Waals surface area contributed by atoms with Crippen LogP contribution in [-0.4, -0.2) is 22.0 Å². The molecule has 0 radical (unpaired) electrons. The highest BCUT2D eigenvalue weighted by Gasteiger charge is 2.34. The highest BCUT2D eigenvalue weighted by Crippen LogP contribution is 2.35. The summed E-state index contributed by atoms with van der Waals surface area (Å²) in [5.41, 5.74) is 6.64. The Morgan fingerprint density at radius 2 is 0.947 bits per heavy atom. The van der Waals surface area contributed by atoms with Gasteiger partial charge < -0.3 is 10.6 Å². The van der Waals surface area contributed by atoms with Gasteiger partial charge in [0.15, 0.2) is 10.2 Å². The van der Waals surface area contributed by atoms with Crippen molar-refractivity contribution in [2.75, 3.05) is 10.6 Å². The van der Waals surface area contributed by atoms with E-state index in [1.54, 1.807) is 0 Å². The summed E-state index contributed by atoms with van der Waals surface area (Å²) in [6.07, 6.45) is -8.68. The van der Waals surface area contributed by atoms with Crippen molar-refractivity contribution in [2.24, 2.45) is 0 Å². The molecule has 0 saturated heterocycles. The van der Waals surface area contributed by atoms with Gasteiger partial charge in [-0.1, -0.05) is 24.3 Å². The fraction of sp³-hybridized carbons (Fsp3) is 0.273. The number of anilines is 2. The summed E-state index contributed by atoms with van der Waals surface area (Å²) in [4.78, 5) is 23.8. The Morgan fingerprint density at radius 1 is 0.605 bits per heavy atom. The number of unbranched alkanes of at least 4 members (excludes halogenated alkanes) is 1. The van der Waals surface area contributed by atoms with Crippen molar-refractivity contribution in [1.82, 2.24) is 21.7 Å². The maximum Gasteiger partial charge on any atom is 0.418 e. The van der Waals surface area contributed by atoms with Crippen LogP contribution in [0.2, 0.25) is 0 Å². The molecular weight excluding hydrogens is 558 g/mol. The van der Waals surface area contributed by atoms with Crippen LogP contribution >= 0.6 is 24.4 Å². The zero-order chi connectivity index (χ0) is 28.3. The molecule has 0 unspecified atom stereocenters. The van der Waals surface area contributed by atoms with Crippen molar-refractivity contribution in [3.63, 3.8) is 0 Å². The van der Waals surface area contributed by atoms with Gasteiger partial charge in [-0.25, -0.2) is 0 Å². The number of carbonyl (C=O) groups is 2. The normalized spacial score (nSPS) is 11.2. The molecule has 0 saturated carbocycles. The molecule has 16 heteroatoms. The van der Waals surface area contributed by atoms with E-state index in [0.717, 1.165) is 12.1 Å². The largest absolute Gasteiger partial charge is 0.418 e. The average Bonchev–Trinajstić information content (AvgIpc) is 2.83. The summed E-state index contributed by atoms with van der Waals surface area (Å²) in [5.74, 6) is -1.05. The van der Waals surface area contributed by atoms with Crippen molar-refractivity contribution < 1.29 is 35.9 Å². The minimum Gasteiger partial charge on any atom is -0.331 e. The summed E-state index contributed by atoms with van der Waals surface area (Å²) < 4.78 is 78.1. The van der Waals surface area contributed by atoms with Gasteiger partial charge in [0.2, 0.25) is 11.8 Å². The van der Waals surface area contributed by atoms with E-state index < -0.39 is 35.3 Å². The predicted molar refractivity (Wildman–Crippen MR) is 136 cm³/mol. The van der Waals surface area contributed by atoms with Gasteiger partial charge in [0.25, 0.3) is 0 Å². The van der Waals surface area contributed by atoms with Crippen LogP contribution in [0.15, 0.2) is 48.5 Å². The number of para-hydroxylation sites is 2. The number of amides is 2. The lowest BCUT2D eigenvalue weighted by atomic mass is 10.1. The third-order valence-corrected chi connectivity index (χ3v) is 5.06. The molecule has 0 aliphatic rings. The summed E-state index contributed by atoms with van der Waals surface area (Å²) >= 11 is 9.77. The fourth-order valence-electron chi connectivity index (χ4n) is 2.93. The van der Waals surface area contributed by atoms with Crippen molar-refractivity contribution >= 4 is 57.8 Å². The third-order valence-electron chi connectivity index (χ3n) is 4.65. The first-order chi connectivity index (χ1) is 17.8. The second kappa shape index (κ2) is 13.8. The number of nitrogens with one attached hydrogen (secondary N) is 6. The van der Waals surface area contributed by atoms with Gasteiger partial charge in [0.1, 0.15) is 0 Å². The number of benzene rings is 2. The number of rotatable bonds is 7. The molecule has 0 bridgehead atoms. The number of alkyl halides is 6. The molecule has 0 aliphatic carbocycles. The molecule has 8 nitrogen and oxygen atoms in total. The summed E-state index contributed by atoms with van der Waals surface area (Å²) in [6, 6.07) is 9.36. The van der Waals surface area contributed by atoms with E-state index in [9.17, 15) is 35.9 Å². The SMILES string of the molecule is O=C(CCCCC(=O)NNC(=S)Nc1ccccc1C(F)(F)F)NNC(=S)Nc1ccccc1C(F)(F)F. The Balaban J connectivity index is 1.64. The second-order valence-electron chi connectivity index (χ2n) is 7.55. The molecule has 0 spiro atoms. The number of thiocarbonyl (C=S) groups is 2. The van der Waals surface area contributed by atoms with Gasteiger partial charge in [0.05, 0.1) is 22.5 Å². The van der Waals surface area contributed by atoms with Gasteiger partial charge in [-0.15, -0.1) is 0 Å². The predicted octanol–water partition coefficient (Wildman–Crippen LogP) is 4.62. The number of hydrogen-bond donors (Lipinski definition) is 6. The van der Waals surface area contributed by atoms with Crippen molar-refractivity contribution in [3.05, 3.63) is 59.7 Å². The van der Waals surface area contributed by atoms with E-state index in [1.807, 2.05) is 0 Å². The number of hydrogen-bond acceptors (Lipinski definition) is 4. The maximum absolute atomic E-state index is 13.0. The smallest absolute Gasteiger partial charge is 0.331 e. The minimum absolute atomic E-state index is 0.0242. The third kappa shape index (κ3) is 10.4. The van der Waals surface area contributed by atoms with E-state index >= 15 is 0 Å². The fourth-order valence-corrected chi connectivity index (χ4v) is 3.26. The summed E-state index contributed by atoms with van der Waals surface area (Å²) in [5, 5.41) is 4.19. The van der Waals surface area contributed by atoms with Crippen molar-refractivity contribution in [2.45, 2.75) is 38.0 Å². The molecule has 2 amide bonds. The quantitative estimate of drug-likeness (QED) is 0.122. The van der Waals surface area contributed by atoms with E-state index in [-0.39, 0.29) is 47.3 Å². The number of halogens is 6. The van der Waals surface area contributed by atoms with Crippen LogP contribution in [0.1, 0.15) is 36.8 Å². The first-order valence-electron chi connectivity index (χ1n) is 10.8. The Labute approximate surface area is 223 Å². The minimum atomic E-state index is -4.59. The lowest BCUT2D eigenvalue weighted by molar-refractivity contribution is -0.137. The molecule has 38 heavy (non-hydrogen) atoms. The highest BCUT2D eigenvalue weighted by molar-refractivity contribution is 7.80. The average molecular weight is 581 g/mol. The molecule has 0 heterocycles.